The highest BCUT2D eigenvalue weighted by Gasteiger charge is 2.26. The fourth-order valence-electron chi connectivity index (χ4n) is 4.30. The van der Waals surface area contributed by atoms with Crippen LogP contribution in [-0.4, -0.2) is 39.7 Å². The maximum Gasteiger partial charge on any atom is 0.255 e. The summed E-state index contributed by atoms with van der Waals surface area (Å²) in [6.45, 7) is 5.77. The van der Waals surface area contributed by atoms with Crippen molar-refractivity contribution in [3.05, 3.63) is 110 Å². The lowest BCUT2D eigenvalue weighted by atomic mass is 9.97. The first-order valence-electron chi connectivity index (χ1n) is 13.8. The number of aromatic amines is 1. The van der Waals surface area contributed by atoms with Crippen LogP contribution in [0.2, 0.25) is 0 Å². The van der Waals surface area contributed by atoms with E-state index >= 15 is 0 Å². The summed E-state index contributed by atoms with van der Waals surface area (Å²) in [7, 11) is -0.684. The molecule has 242 valence electrons. The lowest BCUT2D eigenvalue weighted by Crippen LogP contribution is -2.25. The normalized spacial score (nSPS) is 10.3. The number of furan rings is 1. The summed E-state index contributed by atoms with van der Waals surface area (Å²) in [5.74, 6) is 2.00. The van der Waals surface area contributed by atoms with Crippen LogP contribution in [-0.2, 0) is 10.0 Å². The molecule has 0 spiro atoms. The van der Waals surface area contributed by atoms with Crippen molar-refractivity contribution in [2.24, 2.45) is 0 Å². The number of nitrogens with zero attached hydrogens (tertiary/aromatic N) is 1. The number of rotatable bonds is 5. The van der Waals surface area contributed by atoms with Gasteiger partial charge in [-0.25, -0.2) is 12.8 Å². The third kappa shape index (κ3) is 8.53. The molecule has 0 aliphatic carbocycles. The van der Waals surface area contributed by atoms with E-state index in [-0.39, 0.29) is 24.3 Å². The summed E-state index contributed by atoms with van der Waals surface area (Å²) in [5, 5.41) is 3.09. The maximum atomic E-state index is 13.5. The number of terminal acetylenes is 1. The Morgan fingerprint density at radius 1 is 1.07 bits per heavy atom. The van der Waals surface area contributed by atoms with Crippen LogP contribution in [0.25, 0.3) is 33.4 Å². The van der Waals surface area contributed by atoms with Gasteiger partial charge in [-0.15, -0.1) is 6.42 Å². The van der Waals surface area contributed by atoms with Crippen LogP contribution in [0.4, 0.5) is 10.1 Å². The zero-order valence-corrected chi connectivity index (χ0v) is 28.1. The molecule has 0 atom stereocenters. The fraction of sp³-hybridized carbons (Fsp3) is 0.200. The molecule has 5 aromatic rings. The molecule has 2 heterocycles. The highest BCUT2D eigenvalue weighted by Crippen LogP contribution is 2.41. The van der Waals surface area contributed by atoms with Crippen LogP contribution in [0.1, 0.15) is 42.8 Å². The monoisotopic (exact) mass is 709 g/mol. The van der Waals surface area contributed by atoms with Crippen LogP contribution < -0.4 is 15.2 Å². The molecule has 46 heavy (non-hydrogen) atoms. The first kappa shape index (κ1) is 37.5. The smallest absolute Gasteiger partial charge is 0.255 e. The predicted octanol–water partition coefficient (Wildman–Crippen LogP) is 7.75. The summed E-state index contributed by atoms with van der Waals surface area (Å²) in [6.07, 6.45) is 8.28. The van der Waals surface area contributed by atoms with Gasteiger partial charge in [0.25, 0.3) is 11.5 Å². The van der Waals surface area contributed by atoms with Crippen LogP contribution >= 0.6 is 15.9 Å². The number of anilines is 1. The van der Waals surface area contributed by atoms with Gasteiger partial charge >= 0.3 is 0 Å². The summed E-state index contributed by atoms with van der Waals surface area (Å²) < 4.78 is 46.4. The van der Waals surface area contributed by atoms with Crippen molar-refractivity contribution in [1.29, 1.82) is 0 Å². The van der Waals surface area contributed by atoms with Crippen LogP contribution in [0, 0.1) is 25.1 Å². The number of nitrogens with one attached hydrogen (secondary N) is 2. The lowest BCUT2D eigenvalue weighted by Gasteiger charge is -2.21. The Bertz CT molecular complexity index is 2050. The summed E-state index contributed by atoms with van der Waals surface area (Å²) >= 11 is 3.23. The zero-order chi connectivity index (χ0) is 33.5. The zero-order valence-electron chi connectivity index (χ0n) is 25.7. The van der Waals surface area contributed by atoms with Crippen molar-refractivity contribution < 1.29 is 22.0 Å². The molecule has 1 amide bonds. The molecular weight excluding hydrogens is 673 g/mol. The molecule has 8 nitrogen and oxygen atoms in total. The standard InChI is InChI=1S/C26H21FN2O4S.C6H6BrNO.C2H6.CH4/c1-5-16-7-6-8-18(13-16)20-14-21-23(15-22(20)29(3)34(4,31)32)33-25(24(21)26(30)28-2)17-9-11-19(27)12-10-17;1-4-2-5(7)3-8-6(4)9;1-2;/h1,6-15H,2-4H3,(H,28,30);2-3H,1H3,(H,8,9);1-2H3;1H4. The third-order valence-corrected chi connectivity index (χ3v) is 8.25. The number of hydrogen-bond donors (Lipinski definition) is 2. The second-order valence-corrected chi connectivity index (χ2v) is 12.5. The molecule has 0 unspecified atom stereocenters. The van der Waals surface area contributed by atoms with Crippen LogP contribution in [0.15, 0.2) is 86.6 Å². The van der Waals surface area contributed by atoms with E-state index in [9.17, 15) is 22.4 Å². The Hall–Kier alpha value is -4.66. The molecule has 5 rings (SSSR count). The largest absolute Gasteiger partial charge is 0.455 e. The van der Waals surface area contributed by atoms with Crippen molar-refractivity contribution in [1.82, 2.24) is 10.3 Å². The average molecular weight is 711 g/mol. The van der Waals surface area contributed by atoms with E-state index in [0.717, 1.165) is 20.6 Å². The Balaban J connectivity index is 0.000000525. The van der Waals surface area contributed by atoms with Crippen molar-refractivity contribution in [2.45, 2.75) is 28.2 Å². The number of pyridine rings is 1. The first-order valence-corrected chi connectivity index (χ1v) is 16.4. The van der Waals surface area contributed by atoms with Crippen molar-refractivity contribution in [2.75, 3.05) is 24.7 Å². The molecule has 2 aromatic heterocycles. The fourth-order valence-corrected chi connectivity index (χ4v) is 5.26. The molecule has 0 saturated carbocycles. The summed E-state index contributed by atoms with van der Waals surface area (Å²) in [6, 6.07) is 17.8. The van der Waals surface area contributed by atoms with Crippen molar-refractivity contribution in [3.63, 3.8) is 0 Å². The van der Waals surface area contributed by atoms with E-state index in [4.69, 9.17) is 10.8 Å². The quantitative estimate of drug-likeness (QED) is 0.181. The first-order chi connectivity index (χ1) is 21.3. The Morgan fingerprint density at radius 2 is 1.72 bits per heavy atom. The molecule has 11 heteroatoms. The van der Waals surface area contributed by atoms with E-state index in [1.54, 1.807) is 49.5 Å². The number of halogens is 2. The highest BCUT2D eigenvalue weighted by atomic mass is 79.9. The van der Waals surface area contributed by atoms with Gasteiger partial charge in [0.1, 0.15) is 17.2 Å². The van der Waals surface area contributed by atoms with E-state index in [1.807, 2.05) is 19.9 Å². The molecule has 2 N–H and O–H groups in total. The number of H-pyrrole nitrogens is 1. The Morgan fingerprint density at radius 3 is 2.26 bits per heavy atom. The molecule has 0 radical (unpaired) electrons. The predicted molar refractivity (Wildman–Crippen MR) is 189 cm³/mol. The second kappa shape index (κ2) is 16.1. The summed E-state index contributed by atoms with van der Waals surface area (Å²) in [5.41, 5.74) is 3.97. The molecule has 0 saturated heterocycles. The van der Waals surface area contributed by atoms with Gasteiger partial charge in [-0.05, 0) is 76.9 Å². The van der Waals surface area contributed by atoms with Crippen molar-refractivity contribution in [3.8, 4) is 34.8 Å². The molecule has 3 aromatic carbocycles. The SMILES string of the molecule is C.C#Cc1cccc(-c2cc3c(C(=O)NC)c(-c4ccc(F)cc4)oc3cc2N(C)S(C)(=O)=O)c1.CC.Cc1cc(Br)c[nH]c1=O. The van der Waals surface area contributed by atoms with Gasteiger partial charge in [-0.2, -0.15) is 0 Å². The lowest BCUT2D eigenvalue weighted by molar-refractivity contribution is 0.0964. The minimum atomic E-state index is -3.62. The number of sulfonamides is 1. The number of carbonyl (C=O) groups is 1. The number of fused-ring (bicyclic) bond motifs is 1. The van der Waals surface area contributed by atoms with Gasteiger partial charge in [-0.1, -0.05) is 39.3 Å². The molecule has 0 fully saturated rings. The molecular formula is C35H37BrFN3O5S. The number of carbonyl (C=O) groups excluding carboxylic acids is 1. The van der Waals surface area contributed by atoms with E-state index < -0.39 is 21.7 Å². The van der Waals surface area contributed by atoms with E-state index in [0.29, 0.717) is 38.9 Å². The second-order valence-electron chi connectivity index (χ2n) is 9.54. The van der Waals surface area contributed by atoms with Crippen LogP contribution in [0.5, 0.6) is 0 Å². The Labute approximate surface area is 277 Å². The van der Waals surface area contributed by atoms with Gasteiger partial charge in [0.15, 0.2) is 0 Å². The van der Waals surface area contributed by atoms with Gasteiger partial charge < -0.3 is 14.7 Å². The third-order valence-electron chi connectivity index (χ3n) is 6.60. The number of hydrogen-bond acceptors (Lipinski definition) is 5. The number of amides is 1. The van der Waals surface area contributed by atoms with Gasteiger partial charge in [0, 0.05) is 58.5 Å². The number of aryl methyl sites for hydroxylation is 1. The molecule has 0 bridgehead atoms. The average Bonchev–Trinajstić information content (AvgIpc) is 3.41. The maximum absolute atomic E-state index is 13.5. The molecule has 0 aliphatic rings. The number of benzene rings is 3. The summed E-state index contributed by atoms with van der Waals surface area (Å²) in [4.78, 5) is 26.2. The highest BCUT2D eigenvalue weighted by molar-refractivity contribution is 9.10. The van der Waals surface area contributed by atoms with Gasteiger partial charge in [0.2, 0.25) is 10.0 Å². The topological polar surface area (TPSA) is 112 Å². The molecule has 0 aliphatic heterocycles. The minimum Gasteiger partial charge on any atom is -0.455 e. The van der Waals surface area contributed by atoms with E-state index in [2.05, 4.69) is 32.2 Å². The van der Waals surface area contributed by atoms with Crippen molar-refractivity contribution >= 4 is 48.5 Å². The van der Waals surface area contributed by atoms with E-state index in [1.165, 1.54) is 38.4 Å². The van der Waals surface area contributed by atoms with Gasteiger partial charge in [-0.3, -0.25) is 13.9 Å². The number of aromatic nitrogens is 1. The minimum absolute atomic E-state index is 0. The van der Waals surface area contributed by atoms with Gasteiger partial charge in [0.05, 0.1) is 17.5 Å². The Kier molecular flexibility index (Phi) is 13.1. The van der Waals surface area contributed by atoms with Crippen LogP contribution in [0.3, 0.4) is 0 Å².